The molecule has 0 saturated carbocycles. The Hall–Kier alpha value is -3.09. The van der Waals surface area contributed by atoms with Crippen LogP contribution in [0.15, 0.2) is 42.6 Å². The SMILES string of the molecule is COc1ccccc1OC(C)C(=O)N1CCCC(c2[nH]nc3ncccc23)C1. The molecule has 7 nitrogen and oxygen atoms in total. The molecule has 2 aromatic heterocycles. The predicted octanol–water partition coefficient (Wildman–Crippen LogP) is 3.14. The average molecular weight is 380 g/mol. The van der Waals surface area contributed by atoms with Crippen molar-refractivity contribution in [2.75, 3.05) is 20.2 Å². The number of amides is 1. The fourth-order valence-electron chi connectivity index (χ4n) is 3.81. The second-order valence-electron chi connectivity index (χ2n) is 7.05. The van der Waals surface area contributed by atoms with Gasteiger partial charge in [-0.25, -0.2) is 4.98 Å². The summed E-state index contributed by atoms with van der Waals surface area (Å²) in [5.74, 6) is 1.39. The number of para-hydroxylation sites is 2. The smallest absolute Gasteiger partial charge is 0.263 e. The fraction of sp³-hybridized carbons (Fsp3) is 0.381. The number of carbonyl (C=O) groups excluding carboxylic acids is 1. The van der Waals surface area contributed by atoms with E-state index in [1.807, 2.05) is 41.3 Å². The number of methoxy groups -OCH3 is 1. The van der Waals surface area contributed by atoms with Gasteiger partial charge in [0.15, 0.2) is 23.3 Å². The summed E-state index contributed by atoms with van der Waals surface area (Å²) in [6.45, 7) is 3.16. The number of rotatable bonds is 5. The lowest BCUT2D eigenvalue weighted by Gasteiger charge is -2.34. The Labute approximate surface area is 163 Å². The van der Waals surface area contributed by atoms with E-state index in [0.717, 1.165) is 30.5 Å². The van der Waals surface area contributed by atoms with E-state index in [1.165, 1.54) is 0 Å². The molecule has 3 heterocycles. The summed E-state index contributed by atoms with van der Waals surface area (Å²) >= 11 is 0. The Morgan fingerprint density at radius 3 is 2.89 bits per heavy atom. The number of likely N-dealkylation sites (tertiary alicyclic amines) is 1. The normalized spacial score (nSPS) is 18.1. The maximum atomic E-state index is 13.0. The molecule has 1 aliphatic heterocycles. The molecular formula is C21H24N4O3. The van der Waals surface area contributed by atoms with E-state index < -0.39 is 6.10 Å². The lowest BCUT2D eigenvalue weighted by molar-refractivity contribution is -0.139. The molecule has 1 fully saturated rings. The number of hydrogen-bond donors (Lipinski definition) is 1. The highest BCUT2D eigenvalue weighted by Gasteiger charge is 2.30. The number of benzene rings is 1. The summed E-state index contributed by atoms with van der Waals surface area (Å²) in [5.41, 5.74) is 1.77. The van der Waals surface area contributed by atoms with Crippen molar-refractivity contribution in [1.82, 2.24) is 20.1 Å². The zero-order chi connectivity index (χ0) is 19.5. The van der Waals surface area contributed by atoms with Crippen molar-refractivity contribution in [3.05, 3.63) is 48.3 Å². The summed E-state index contributed by atoms with van der Waals surface area (Å²) < 4.78 is 11.2. The first-order valence-electron chi connectivity index (χ1n) is 9.55. The van der Waals surface area contributed by atoms with Crippen LogP contribution in [0.4, 0.5) is 0 Å². The third-order valence-electron chi connectivity index (χ3n) is 5.22. The van der Waals surface area contributed by atoms with Gasteiger partial charge in [0, 0.05) is 36.3 Å². The first kappa shape index (κ1) is 18.3. The number of hydrogen-bond acceptors (Lipinski definition) is 5. The summed E-state index contributed by atoms with van der Waals surface area (Å²) in [6, 6.07) is 11.3. The van der Waals surface area contributed by atoms with Crippen LogP contribution in [-0.4, -0.2) is 52.3 Å². The van der Waals surface area contributed by atoms with Crippen molar-refractivity contribution in [2.24, 2.45) is 0 Å². The highest BCUT2D eigenvalue weighted by molar-refractivity contribution is 5.82. The number of fused-ring (bicyclic) bond motifs is 1. The van der Waals surface area contributed by atoms with Crippen LogP contribution in [0.25, 0.3) is 11.0 Å². The molecule has 2 atom stereocenters. The summed E-state index contributed by atoms with van der Waals surface area (Å²) in [7, 11) is 1.59. The molecule has 1 aliphatic rings. The number of nitrogens with zero attached hydrogens (tertiary/aromatic N) is 3. The van der Waals surface area contributed by atoms with Gasteiger partial charge < -0.3 is 14.4 Å². The molecule has 146 valence electrons. The van der Waals surface area contributed by atoms with Crippen LogP contribution >= 0.6 is 0 Å². The second kappa shape index (κ2) is 7.88. The molecule has 3 aromatic rings. The standard InChI is InChI=1S/C21H24N4O3/c1-14(28-18-10-4-3-9-17(18)27-2)21(26)25-12-6-7-15(13-25)19-16-8-5-11-22-20(16)24-23-19/h3-5,8-11,14-15H,6-7,12-13H2,1-2H3,(H,22,23,24). The fourth-order valence-corrected chi connectivity index (χ4v) is 3.81. The van der Waals surface area contributed by atoms with E-state index in [0.29, 0.717) is 23.7 Å². The van der Waals surface area contributed by atoms with Crippen molar-refractivity contribution in [2.45, 2.75) is 31.8 Å². The summed E-state index contributed by atoms with van der Waals surface area (Å²) in [4.78, 5) is 19.2. The van der Waals surface area contributed by atoms with Crippen LogP contribution in [-0.2, 0) is 4.79 Å². The number of piperidine rings is 1. The first-order valence-corrected chi connectivity index (χ1v) is 9.55. The second-order valence-corrected chi connectivity index (χ2v) is 7.05. The number of nitrogens with one attached hydrogen (secondary N) is 1. The molecule has 1 N–H and O–H groups in total. The minimum atomic E-state index is -0.588. The van der Waals surface area contributed by atoms with Crippen LogP contribution in [0.5, 0.6) is 11.5 Å². The van der Waals surface area contributed by atoms with Gasteiger partial charge in [-0.3, -0.25) is 9.89 Å². The van der Waals surface area contributed by atoms with Crippen molar-refractivity contribution < 1.29 is 14.3 Å². The van der Waals surface area contributed by atoms with Crippen LogP contribution in [0.3, 0.4) is 0 Å². The molecule has 1 saturated heterocycles. The highest BCUT2D eigenvalue weighted by atomic mass is 16.5. The Bertz CT molecular complexity index is 971. The largest absolute Gasteiger partial charge is 0.493 e. The Morgan fingerprint density at radius 2 is 2.07 bits per heavy atom. The minimum Gasteiger partial charge on any atom is -0.493 e. The molecule has 0 aliphatic carbocycles. The third kappa shape index (κ3) is 3.52. The zero-order valence-corrected chi connectivity index (χ0v) is 16.1. The van der Waals surface area contributed by atoms with Gasteiger partial charge in [-0.15, -0.1) is 0 Å². The van der Waals surface area contributed by atoms with Crippen molar-refractivity contribution in [1.29, 1.82) is 0 Å². The maximum Gasteiger partial charge on any atom is 0.263 e. The zero-order valence-electron chi connectivity index (χ0n) is 16.1. The van der Waals surface area contributed by atoms with Crippen LogP contribution in [0.1, 0.15) is 31.4 Å². The van der Waals surface area contributed by atoms with Crippen molar-refractivity contribution in [3.63, 3.8) is 0 Å². The van der Waals surface area contributed by atoms with E-state index >= 15 is 0 Å². The van der Waals surface area contributed by atoms with Gasteiger partial charge in [0.2, 0.25) is 0 Å². The van der Waals surface area contributed by atoms with E-state index in [4.69, 9.17) is 9.47 Å². The lowest BCUT2D eigenvalue weighted by Crippen LogP contribution is -2.45. The molecule has 0 spiro atoms. The molecule has 0 radical (unpaired) electrons. The Morgan fingerprint density at radius 1 is 1.25 bits per heavy atom. The molecule has 1 aromatic carbocycles. The molecule has 0 bridgehead atoms. The van der Waals surface area contributed by atoms with Crippen LogP contribution in [0, 0.1) is 0 Å². The van der Waals surface area contributed by atoms with Gasteiger partial charge in [0.05, 0.1) is 7.11 Å². The van der Waals surface area contributed by atoms with E-state index in [2.05, 4.69) is 15.2 Å². The first-order chi connectivity index (χ1) is 13.7. The third-order valence-corrected chi connectivity index (χ3v) is 5.22. The van der Waals surface area contributed by atoms with Gasteiger partial charge in [0.1, 0.15) is 0 Å². The topological polar surface area (TPSA) is 80.3 Å². The maximum absolute atomic E-state index is 13.0. The molecular weight excluding hydrogens is 356 g/mol. The number of aromatic nitrogens is 3. The van der Waals surface area contributed by atoms with Gasteiger partial charge in [-0.2, -0.15) is 5.10 Å². The van der Waals surface area contributed by atoms with Crippen LogP contribution in [0.2, 0.25) is 0 Å². The van der Waals surface area contributed by atoms with Crippen molar-refractivity contribution in [3.8, 4) is 11.5 Å². The number of aromatic amines is 1. The average Bonchev–Trinajstić information content (AvgIpc) is 3.18. The summed E-state index contributed by atoms with van der Waals surface area (Å²) in [6.07, 6.45) is 3.10. The number of carbonyl (C=O) groups is 1. The van der Waals surface area contributed by atoms with Gasteiger partial charge in [0.25, 0.3) is 5.91 Å². The van der Waals surface area contributed by atoms with E-state index in [1.54, 1.807) is 20.2 Å². The molecule has 2 unspecified atom stereocenters. The Kier molecular flexibility index (Phi) is 5.14. The predicted molar refractivity (Wildman–Crippen MR) is 106 cm³/mol. The van der Waals surface area contributed by atoms with E-state index in [-0.39, 0.29) is 11.8 Å². The van der Waals surface area contributed by atoms with Crippen LogP contribution < -0.4 is 9.47 Å². The highest BCUT2D eigenvalue weighted by Crippen LogP contribution is 2.31. The monoisotopic (exact) mass is 380 g/mol. The van der Waals surface area contributed by atoms with Crippen molar-refractivity contribution >= 4 is 16.9 Å². The molecule has 7 heteroatoms. The number of ether oxygens (including phenoxy) is 2. The number of pyridine rings is 1. The van der Waals surface area contributed by atoms with Gasteiger partial charge >= 0.3 is 0 Å². The summed E-state index contributed by atoms with van der Waals surface area (Å²) in [5, 5.41) is 8.45. The molecule has 4 rings (SSSR count). The Balaban J connectivity index is 1.47. The quantitative estimate of drug-likeness (QED) is 0.735. The van der Waals surface area contributed by atoms with Gasteiger partial charge in [-0.1, -0.05) is 12.1 Å². The lowest BCUT2D eigenvalue weighted by atomic mass is 9.93. The number of H-pyrrole nitrogens is 1. The van der Waals surface area contributed by atoms with E-state index in [9.17, 15) is 4.79 Å². The minimum absolute atomic E-state index is 0.0162. The molecule has 1 amide bonds. The van der Waals surface area contributed by atoms with Gasteiger partial charge in [-0.05, 0) is 44.0 Å². The molecule has 28 heavy (non-hydrogen) atoms.